The minimum Gasteiger partial charge on any atom is -0.507 e. The van der Waals surface area contributed by atoms with Gasteiger partial charge in [-0.1, -0.05) is 24.3 Å². The molecule has 2 N–H and O–H groups in total. The summed E-state index contributed by atoms with van der Waals surface area (Å²) in [7, 11) is 0. The number of hydrogen-bond acceptors (Lipinski definition) is 3. The van der Waals surface area contributed by atoms with Gasteiger partial charge in [0.05, 0.1) is 11.8 Å². The van der Waals surface area contributed by atoms with Crippen LogP contribution in [0.1, 0.15) is 15.9 Å². The van der Waals surface area contributed by atoms with Gasteiger partial charge in [0.2, 0.25) is 0 Å². The lowest BCUT2D eigenvalue weighted by molar-refractivity contribution is 0.0952. The number of nitrogens with zero attached hydrogens (tertiary/aromatic N) is 1. The zero-order chi connectivity index (χ0) is 13.7. The minimum absolute atomic E-state index is 0.0653. The van der Waals surface area contributed by atoms with Crippen LogP contribution in [0.5, 0.6) is 5.75 Å². The normalized spacial score (nSPS) is 10.6. The van der Waals surface area contributed by atoms with Gasteiger partial charge >= 0.3 is 0 Å². The van der Waals surface area contributed by atoms with Crippen molar-refractivity contribution in [3.63, 3.8) is 0 Å². The summed E-state index contributed by atoms with van der Waals surface area (Å²) in [6, 6.07) is 14.0. The SMILES string of the molecule is O=C(N/N=C\c1ccc(I)cc1)c1ccccc1O. The van der Waals surface area contributed by atoms with Crippen molar-refractivity contribution in [2.24, 2.45) is 5.10 Å². The van der Waals surface area contributed by atoms with E-state index in [4.69, 9.17) is 0 Å². The molecule has 0 spiro atoms. The van der Waals surface area contributed by atoms with E-state index in [1.165, 1.54) is 12.1 Å². The van der Waals surface area contributed by atoms with Crippen LogP contribution in [0.25, 0.3) is 0 Å². The predicted octanol–water partition coefficient (Wildman–Crippen LogP) is 2.76. The highest BCUT2D eigenvalue weighted by molar-refractivity contribution is 14.1. The number of benzene rings is 2. The van der Waals surface area contributed by atoms with Crippen molar-refractivity contribution in [2.75, 3.05) is 0 Å². The van der Waals surface area contributed by atoms with Gasteiger partial charge in [-0.15, -0.1) is 0 Å². The summed E-state index contributed by atoms with van der Waals surface area (Å²) in [6.07, 6.45) is 1.55. The van der Waals surface area contributed by atoms with Gasteiger partial charge in [0.1, 0.15) is 5.75 Å². The molecule has 19 heavy (non-hydrogen) atoms. The standard InChI is InChI=1S/C14H11IN2O2/c15-11-7-5-10(6-8-11)9-16-17-14(19)12-3-1-2-4-13(12)18/h1-9,18H,(H,17,19)/b16-9-. The van der Waals surface area contributed by atoms with Gasteiger partial charge in [-0.2, -0.15) is 5.10 Å². The third-order valence-corrected chi connectivity index (χ3v) is 3.12. The zero-order valence-corrected chi connectivity index (χ0v) is 12.0. The summed E-state index contributed by atoms with van der Waals surface area (Å²) in [4.78, 5) is 11.7. The molecule has 96 valence electrons. The summed E-state index contributed by atoms with van der Waals surface area (Å²) in [5.41, 5.74) is 3.46. The first-order chi connectivity index (χ1) is 9.16. The number of halogens is 1. The van der Waals surface area contributed by atoms with E-state index in [0.717, 1.165) is 9.13 Å². The summed E-state index contributed by atoms with van der Waals surface area (Å²) < 4.78 is 1.13. The molecule has 0 saturated heterocycles. The number of carbonyl (C=O) groups excluding carboxylic acids is 1. The van der Waals surface area contributed by atoms with Crippen LogP contribution in [0.15, 0.2) is 53.6 Å². The fourth-order valence-corrected chi connectivity index (χ4v) is 1.80. The number of phenolic OH excluding ortho intramolecular Hbond substituents is 1. The van der Waals surface area contributed by atoms with E-state index in [-0.39, 0.29) is 11.3 Å². The van der Waals surface area contributed by atoms with Crippen LogP contribution in [0, 0.1) is 3.57 Å². The lowest BCUT2D eigenvalue weighted by Gasteiger charge is -2.01. The number of rotatable bonds is 3. The average Bonchev–Trinajstić information content (AvgIpc) is 2.41. The molecule has 1 amide bonds. The van der Waals surface area contributed by atoms with E-state index in [1.54, 1.807) is 18.3 Å². The zero-order valence-electron chi connectivity index (χ0n) is 9.88. The first-order valence-corrected chi connectivity index (χ1v) is 6.61. The highest BCUT2D eigenvalue weighted by Gasteiger charge is 2.08. The Hall–Kier alpha value is -1.89. The molecule has 0 aliphatic rings. The number of nitrogens with one attached hydrogen (secondary N) is 1. The Labute approximate surface area is 124 Å². The maximum Gasteiger partial charge on any atom is 0.275 e. The topological polar surface area (TPSA) is 61.7 Å². The van der Waals surface area contributed by atoms with E-state index < -0.39 is 5.91 Å². The predicted molar refractivity (Wildman–Crippen MR) is 82.3 cm³/mol. The van der Waals surface area contributed by atoms with Crippen LogP contribution >= 0.6 is 22.6 Å². The summed E-state index contributed by atoms with van der Waals surface area (Å²) in [5.74, 6) is -0.510. The Morgan fingerprint density at radius 3 is 2.53 bits per heavy atom. The minimum atomic E-state index is -0.445. The number of phenols is 1. The van der Waals surface area contributed by atoms with Crippen LogP contribution in [-0.2, 0) is 0 Å². The first kappa shape index (κ1) is 13.5. The Kier molecular flexibility index (Phi) is 4.51. The van der Waals surface area contributed by atoms with Crippen molar-refractivity contribution in [1.29, 1.82) is 0 Å². The Balaban J connectivity index is 2.01. The number of amides is 1. The van der Waals surface area contributed by atoms with Gasteiger partial charge in [-0.25, -0.2) is 5.43 Å². The van der Waals surface area contributed by atoms with Crippen LogP contribution in [0.3, 0.4) is 0 Å². The van der Waals surface area contributed by atoms with Gasteiger partial charge in [-0.05, 0) is 52.4 Å². The third-order valence-electron chi connectivity index (χ3n) is 2.40. The van der Waals surface area contributed by atoms with E-state index >= 15 is 0 Å². The molecule has 0 saturated carbocycles. The van der Waals surface area contributed by atoms with Crippen LogP contribution in [0.2, 0.25) is 0 Å². The largest absolute Gasteiger partial charge is 0.507 e. The highest BCUT2D eigenvalue weighted by Crippen LogP contribution is 2.14. The molecule has 2 rings (SSSR count). The molecule has 0 heterocycles. The quantitative estimate of drug-likeness (QED) is 0.499. The maximum atomic E-state index is 11.7. The number of hydrazone groups is 1. The molecule has 0 fully saturated rings. The number of carbonyl (C=O) groups is 1. The van der Waals surface area contributed by atoms with Crippen molar-refractivity contribution >= 4 is 34.7 Å². The molecule has 0 aliphatic carbocycles. The molecule has 0 bridgehead atoms. The Bertz CT molecular complexity index is 609. The molecule has 0 aliphatic heterocycles. The highest BCUT2D eigenvalue weighted by atomic mass is 127. The number of hydrogen-bond donors (Lipinski definition) is 2. The fraction of sp³-hybridized carbons (Fsp3) is 0. The van der Waals surface area contributed by atoms with Gasteiger partial charge in [-0.3, -0.25) is 4.79 Å². The van der Waals surface area contributed by atoms with Crippen LogP contribution in [0.4, 0.5) is 0 Å². The van der Waals surface area contributed by atoms with Crippen molar-refractivity contribution in [3.05, 3.63) is 63.2 Å². The van der Waals surface area contributed by atoms with E-state index in [1.807, 2.05) is 24.3 Å². The third kappa shape index (κ3) is 3.78. The van der Waals surface area contributed by atoms with Gasteiger partial charge in [0.15, 0.2) is 0 Å². The summed E-state index contributed by atoms with van der Waals surface area (Å²) in [5, 5.41) is 13.4. The monoisotopic (exact) mass is 366 g/mol. The van der Waals surface area contributed by atoms with Gasteiger partial charge in [0.25, 0.3) is 5.91 Å². The molecule has 0 unspecified atom stereocenters. The molecule has 2 aromatic rings. The van der Waals surface area contributed by atoms with Crippen LogP contribution in [-0.4, -0.2) is 17.2 Å². The molecule has 0 aromatic heterocycles. The molecule has 2 aromatic carbocycles. The van der Waals surface area contributed by atoms with Gasteiger partial charge in [0, 0.05) is 3.57 Å². The second kappa shape index (κ2) is 6.33. The molecule has 0 atom stereocenters. The Morgan fingerprint density at radius 1 is 1.16 bits per heavy atom. The van der Waals surface area contributed by atoms with Crippen molar-refractivity contribution in [1.82, 2.24) is 5.43 Å². The van der Waals surface area contributed by atoms with E-state index in [0.29, 0.717) is 0 Å². The molecular weight excluding hydrogens is 355 g/mol. The summed E-state index contributed by atoms with van der Waals surface area (Å²) in [6.45, 7) is 0. The second-order valence-electron chi connectivity index (χ2n) is 3.77. The maximum absolute atomic E-state index is 11.7. The van der Waals surface area contributed by atoms with Crippen molar-refractivity contribution in [2.45, 2.75) is 0 Å². The van der Waals surface area contributed by atoms with Crippen LogP contribution < -0.4 is 5.43 Å². The fourth-order valence-electron chi connectivity index (χ4n) is 1.44. The summed E-state index contributed by atoms with van der Waals surface area (Å²) >= 11 is 2.21. The number of para-hydroxylation sites is 1. The lowest BCUT2D eigenvalue weighted by atomic mass is 10.2. The van der Waals surface area contributed by atoms with Gasteiger partial charge < -0.3 is 5.11 Å². The molecular formula is C14H11IN2O2. The van der Waals surface area contributed by atoms with E-state index in [9.17, 15) is 9.90 Å². The second-order valence-corrected chi connectivity index (χ2v) is 5.01. The first-order valence-electron chi connectivity index (χ1n) is 5.54. The molecule has 0 radical (unpaired) electrons. The number of aromatic hydroxyl groups is 1. The molecule has 5 heteroatoms. The van der Waals surface area contributed by atoms with Crippen molar-refractivity contribution < 1.29 is 9.90 Å². The lowest BCUT2D eigenvalue weighted by Crippen LogP contribution is -2.17. The average molecular weight is 366 g/mol. The van der Waals surface area contributed by atoms with Crippen molar-refractivity contribution in [3.8, 4) is 5.75 Å². The van der Waals surface area contributed by atoms with E-state index in [2.05, 4.69) is 33.1 Å². The smallest absolute Gasteiger partial charge is 0.275 e. The Morgan fingerprint density at radius 2 is 1.84 bits per heavy atom. The molecule has 4 nitrogen and oxygen atoms in total.